The lowest BCUT2D eigenvalue weighted by Crippen LogP contribution is -2.61. The van der Waals surface area contributed by atoms with Gasteiger partial charge in [0.15, 0.2) is 0 Å². The lowest BCUT2D eigenvalue weighted by atomic mass is 9.84. The lowest BCUT2D eigenvalue weighted by Gasteiger charge is -2.38. The number of nitrogens with one attached hydrogen (secondary N) is 2. The molecular weight excluding hydrogens is 875 g/mol. The van der Waals surface area contributed by atoms with Crippen LogP contribution in [0.25, 0.3) is 33.3 Å². The molecule has 361 valence electrons. The molecule has 5 heterocycles. The Morgan fingerprint density at radius 2 is 1.84 bits per heavy atom. The zero-order valence-corrected chi connectivity index (χ0v) is 42.1. The van der Waals surface area contributed by atoms with Crippen molar-refractivity contribution in [2.75, 3.05) is 40.4 Å². The number of likely N-dealkylation sites (N-methyl/N-ethyl adjacent to an activating group) is 1. The number of rotatable bonds is 11. The van der Waals surface area contributed by atoms with Crippen molar-refractivity contribution < 1.29 is 33.4 Å². The number of aromatic nitrogens is 2. The number of benzene rings is 2. The molecule has 0 spiro atoms. The molecular formula is C53H68N7O7Si. The largest absolute Gasteiger partial charge is 0.464 e. The number of carbonyl (C=O) groups is 5. The number of cyclic esters (lactones) is 1. The van der Waals surface area contributed by atoms with Crippen LogP contribution in [0.1, 0.15) is 84.2 Å². The molecule has 14 nitrogen and oxygen atoms in total. The Labute approximate surface area is 404 Å². The molecule has 3 aliphatic rings. The first kappa shape index (κ1) is 50.2. The van der Waals surface area contributed by atoms with Crippen LogP contribution in [-0.2, 0) is 52.8 Å². The Morgan fingerprint density at radius 1 is 1.09 bits per heavy atom. The summed E-state index contributed by atoms with van der Waals surface area (Å²) in [5.41, 5.74) is 9.74. The topological polar surface area (TPSA) is 155 Å². The monoisotopic (exact) mass is 942 g/mol. The highest BCUT2D eigenvalue weighted by Crippen LogP contribution is 2.42. The number of pyridine rings is 1. The van der Waals surface area contributed by atoms with Crippen molar-refractivity contribution in [3.8, 4) is 22.4 Å². The van der Waals surface area contributed by atoms with Gasteiger partial charge in [-0.25, -0.2) is 5.43 Å². The van der Waals surface area contributed by atoms with Crippen molar-refractivity contribution in [1.82, 2.24) is 35.1 Å². The minimum Gasteiger partial charge on any atom is -0.464 e. The first-order valence-corrected chi connectivity index (χ1v) is 24.6. The van der Waals surface area contributed by atoms with Gasteiger partial charge in [0, 0.05) is 74.1 Å². The molecule has 7 rings (SSSR count). The summed E-state index contributed by atoms with van der Waals surface area (Å²) in [6, 6.07) is 17.1. The summed E-state index contributed by atoms with van der Waals surface area (Å²) in [5.74, 6) is -3.34. The van der Waals surface area contributed by atoms with E-state index in [0.717, 1.165) is 50.1 Å². The molecule has 15 heteroatoms. The van der Waals surface area contributed by atoms with Gasteiger partial charge in [-0.2, -0.15) is 0 Å². The van der Waals surface area contributed by atoms with Crippen LogP contribution in [0.4, 0.5) is 0 Å². The molecule has 0 saturated carbocycles. The van der Waals surface area contributed by atoms with Crippen molar-refractivity contribution in [3.63, 3.8) is 0 Å². The van der Waals surface area contributed by atoms with Gasteiger partial charge in [0.1, 0.15) is 12.1 Å². The number of carbonyl (C=O) groups excluding carboxylic acids is 5. The quantitative estimate of drug-likeness (QED) is 0.101. The number of ether oxygens (including phenoxy) is 2. The van der Waals surface area contributed by atoms with Gasteiger partial charge in [0.25, 0.3) is 0 Å². The average molecular weight is 943 g/mol. The standard InChI is InChI=1S/C53H68N7O7Si/c1-11-44(61)58-28-32(5)41(29-58)50(63)57(9)46(31(3)4)48(62)55-49(68)39-25-34-16-13-17-35(24-34)36-20-21-43-38(26-36)40(47(59(43)12-2)37-18-14-22-54-45(37)33(6)66-10)27-53(7,8)30-67-52(65)42-19-15-23-60(56-42)51(39)64/h11,13-14,16-18,20-22,24,26,31-33,39,41-42,46,49,56H,1,12,15,19,23,25,27-30H2,2-10H3,(H,55,62)/t32-,33-,39?,41-,42-,46-,49-/m0/s1. The van der Waals surface area contributed by atoms with E-state index in [9.17, 15) is 24.0 Å². The number of likely N-dealkylation sites (tertiary alicyclic amines) is 1. The highest BCUT2D eigenvalue weighted by molar-refractivity contribution is 6.15. The van der Waals surface area contributed by atoms with Crippen LogP contribution in [0.2, 0.25) is 0 Å². The molecule has 2 saturated heterocycles. The van der Waals surface area contributed by atoms with Gasteiger partial charge in [-0.15, -0.1) is 0 Å². The van der Waals surface area contributed by atoms with Gasteiger partial charge in [-0.1, -0.05) is 71.5 Å². The highest BCUT2D eigenvalue weighted by Gasteiger charge is 2.42. The fourth-order valence-electron chi connectivity index (χ4n) is 10.4. The highest BCUT2D eigenvalue weighted by atomic mass is 28.1. The van der Waals surface area contributed by atoms with E-state index in [-0.39, 0.29) is 55.2 Å². The van der Waals surface area contributed by atoms with Crippen molar-refractivity contribution >= 4 is 50.7 Å². The number of esters is 1. The zero-order valence-electron chi connectivity index (χ0n) is 41.1. The van der Waals surface area contributed by atoms with Gasteiger partial charge < -0.3 is 29.2 Å². The number of amides is 4. The van der Waals surface area contributed by atoms with Crippen LogP contribution in [0.5, 0.6) is 0 Å². The zero-order chi connectivity index (χ0) is 49.2. The lowest BCUT2D eigenvalue weighted by molar-refractivity contribution is -0.155. The minimum atomic E-state index is -0.876. The third-order valence-electron chi connectivity index (χ3n) is 14.1. The van der Waals surface area contributed by atoms with Gasteiger partial charge >= 0.3 is 5.97 Å². The molecule has 1 unspecified atom stereocenters. The fourth-order valence-corrected chi connectivity index (χ4v) is 10.8. The van der Waals surface area contributed by atoms with Gasteiger partial charge in [-0.3, -0.25) is 34.0 Å². The molecule has 0 aliphatic carbocycles. The number of hydrogen-bond donors (Lipinski definition) is 2. The number of hydrazine groups is 1. The van der Waals surface area contributed by atoms with E-state index in [0.29, 0.717) is 38.9 Å². The Morgan fingerprint density at radius 3 is 2.54 bits per heavy atom. The third-order valence-corrected chi connectivity index (χ3v) is 14.7. The minimum absolute atomic E-state index is 0.109. The van der Waals surface area contributed by atoms with Gasteiger partial charge in [0.2, 0.25) is 23.6 Å². The summed E-state index contributed by atoms with van der Waals surface area (Å²) in [7, 11) is 7.14. The van der Waals surface area contributed by atoms with E-state index in [1.54, 1.807) is 25.3 Å². The number of nitrogens with zero attached hydrogens (tertiary/aromatic N) is 5. The fraction of sp³-hybridized carbons (Fsp3) is 0.509. The number of fused-ring (bicyclic) bond motifs is 6. The molecule has 2 aromatic heterocycles. The Balaban J connectivity index is 1.27. The van der Waals surface area contributed by atoms with Crippen molar-refractivity contribution in [3.05, 3.63) is 90.3 Å². The predicted octanol–water partition coefficient (Wildman–Crippen LogP) is 6.25. The van der Waals surface area contributed by atoms with Gasteiger partial charge in [-0.05, 0) is 104 Å². The molecule has 2 fully saturated rings. The molecule has 3 aliphatic heterocycles. The van der Waals surface area contributed by atoms with E-state index in [2.05, 4.69) is 89.3 Å². The maximum absolute atomic E-state index is 14.9. The van der Waals surface area contributed by atoms with E-state index in [1.807, 2.05) is 45.9 Å². The average Bonchev–Trinajstić information content (AvgIpc) is 3.87. The molecule has 2 N–H and O–H groups in total. The van der Waals surface area contributed by atoms with E-state index < -0.39 is 46.9 Å². The second-order valence-corrected chi connectivity index (χ2v) is 20.7. The van der Waals surface area contributed by atoms with Crippen LogP contribution in [0.15, 0.2) is 73.4 Å². The number of aryl methyl sites for hydroxylation is 1. The van der Waals surface area contributed by atoms with Crippen LogP contribution in [0, 0.1) is 29.1 Å². The van der Waals surface area contributed by atoms with Crippen LogP contribution >= 0.6 is 0 Å². The Kier molecular flexibility index (Phi) is 15.5. The molecule has 4 amide bonds. The van der Waals surface area contributed by atoms with Gasteiger partial charge in [0.05, 0.1) is 46.2 Å². The Hall–Kier alpha value is -5.64. The molecule has 68 heavy (non-hydrogen) atoms. The molecule has 4 aromatic rings. The predicted molar refractivity (Wildman–Crippen MR) is 264 cm³/mol. The van der Waals surface area contributed by atoms with Crippen LogP contribution in [0.3, 0.4) is 0 Å². The van der Waals surface area contributed by atoms with Crippen LogP contribution < -0.4 is 10.7 Å². The SMILES string of the molecule is C=CC(=O)N1C[C@H](C(=O)N(C)[C@H](C(=O)N[C@@H]([Si])C2Cc3cccc(c3)-c3ccc4c(c3)c(c(-c3cccnc3[C@H](C)OC)n4CC)CC(C)(C)COC(=O)[C@@H]3CCCN(N3)C2=O)C(C)C)[C@@H](C)C1. The summed E-state index contributed by atoms with van der Waals surface area (Å²) in [5, 5.41) is 5.66. The molecule has 7 atom stereocenters. The van der Waals surface area contributed by atoms with Crippen LogP contribution in [-0.4, -0.2) is 122 Å². The van der Waals surface area contributed by atoms with Crippen molar-refractivity contribution in [2.45, 2.75) is 105 Å². The maximum atomic E-state index is 14.9. The normalized spacial score (nSPS) is 22.3. The molecule has 2 aromatic carbocycles. The summed E-state index contributed by atoms with van der Waals surface area (Å²) in [6.07, 6.45) is 4.67. The molecule has 6 bridgehead atoms. The van der Waals surface area contributed by atoms with Crippen molar-refractivity contribution in [1.29, 1.82) is 0 Å². The first-order valence-electron chi connectivity index (χ1n) is 24.0. The molecule has 3 radical (unpaired) electrons. The summed E-state index contributed by atoms with van der Waals surface area (Å²) in [4.78, 5) is 77.7. The summed E-state index contributed by atoms with van der Waals surface area (Å²) >= 11 is 0. The third kappa shape index (κ3) is 10.3. The summed E-state index contributed by atoms with van der Waals surface area (Å²) in [6.45, 7) is 19.5. The second kappa shape index (κ2) is 20.9. The van der Waals surface area contributed by atoms with E-state index >= 15 is 0 Å². The van der Waals surface area contributed by atoms with Crippen molar-refractivity contribution in [2.24, 2.45) is 29.1 Å². The maximum Gasteiger partial charge on any atom is 0.324 e. The first-order chi connectivity index (χ1) is 32.4. The number of hydrogen-bond acceptors (Lipinski definition) is 9. The second-order valence-electron chi connectivity index (χ2n) is 20.0. The van der Waals surface area contributed by atoms with E-state index in [4.69, 9.17) is 14.5 Å². The Bertz CT molecular complexity index is 2560. The summed E-state index contributed by atoms with van der Waals surface area (Å²) < 4.78 is 14.3. The van der Waals surface area contributed by atoms with E-state index in [1.165, 1.54) is 16.0 Å². The smallest absolute Gasteiger partial charge is 0.324 e. The number of methoxy groups -OCH3 is 1.